The van der Waals surface area contributed by atoms with E-state index in [1.807, 2.05) is 0 Å². The number of rotatable bonds is 3. The van der Waals surface area contributed by atoms with Crippen LogP contribution >= 0.6 is 11.8 Å². The number of hydrogen-bond donors (Lipinski definition) is 2. The van der Waals surface area contributed by atoms with Crippen LogP contribution in [0.15, 0.2) is 23.1 Å². The highest BCUT2D eigenvalue weighted by atomic mass is 32.2. The molecule has 2 N–H and O–H groups in total. The first-order chi connectivity index (χ1) is 8.09. The zero-order chi connectivity index (χ0) is 12.3. The second kappa shape index (κ2) is 5.33. The molecule has 0 aliphatic carbocycles. The predicted octanol–water partition coefficient (Wildman–Crippen LogP) is 2.17. The largest absolute Gasteiger partial charge is 0.389 e. The van der Waals surface area contributed by atoms with E-state index in [2.05, 4.69) is 5.32 Å². The van der Waals surface area contributed by atoms with Gasteiger partial charge >= 0.3 is 0 Å². The third-order valence-electron chi connectivity index (χ3n) is 2.92. The summed E-state index contributed by atoms with van der Waals surface area (Å²) in [4.78, 5) is 0.261. The maximum atomic E-state index is 13.4. The van der Waals surface area contributed by atoms with Gasteiger partial charge in [0.1, 0.15) is 11.6 Å². The van der Waals surface area contributed by atoms with Crippen molar-refractivity contribution in [3.63, 3.8) is 0 Å². The van der Waals surface area contributed by atoms with Gasteiger partial charge in [0.15, 0.2) is 0 Å². The van der Waals surface area contributed by atoms with Gasteiger partial charge in [0.25, 0.3) is 0 Å². The lowest BCUT2D eigenvalue weighted by atomic mass is 9.95. The molecular weight excluding hydrogens is 244 g/mol. The Balaban J connectivity index is 1.99. The molecule has 0 saturated carbocycles. The first-order valence-corrected chi connectivity index (χ1v) is 6.59. The monoisotopic (exact) mass is 259 g/mol. The van der Waals surface area contributed by atoms with Gasteiger partial charge in [-0.15, -0.1) is 11.8 Å². The van der Waals surface area contributed by atoms with Crippen LogP contribution in [0, 0.1) is 11.6 Å². The predicted molar refractivity (Wildman–Crippen MR) is 64.1 cm³/mol. The Morgan fingerprint density at radius 3 is 2.71 bits per heavy atom. The molecule has 1 aliphatic rings. The molecule has 94 valence electrons. The van der Waals surface area contributed by atoms with E-state index in [1.54, 1.807) is 0 Å². The molecular formula is C12H15F2NOS. The topological polar surface area (TPSA) is 32.3 Å². The quantitative estimate of drug-likeness (QED) is 0.816. The van der Waals surface area contributed by atoms with Crippen molar-refractivity contribution < 1.29 is 13.9 Å². The Kier molecular flexibility index (Phi) is 4.01. The minimum atomic E-state index is -0.769. The minimum absolute atomic E-state index is 0.261. The van der Waals surface area contributed by atoms with Gasteiger partial charge in [-0.05, 0) is 44.1 Å². The van der Waals surface area contributed by atoms with E-state index in [0.717, 1.165) is 25.2 Å². The van der Waals surface area contributed by atoms with Crippen LogP contribution in [0.4, 0.5) is 8.78 Å². The first kappa shape index (κ1) is 12.8. The summed E-state index contributed by atoms with van der Waals surface area (Å²) < 4.78 is 26.3. The van der Waals surface area contributed by atoms with Crippen LogP contribution in [0.5, 0.6) is 0 Å². The third-order valence-corrected chi connectivity index (χ3v) is 4.23. The molecule has 1 aromatic rings. The first-order valence-electron chi connectivity index (χ1n) is 5.60. The molecule has 0 aromatic heterocycles. The molecule has 1 heterocycles. The summed E-state index contributed by atoms with van der Waals surface area (Å²) in [5, 5.41) is 13.4. The Hall–Kier alpha value is -0.650. The fourth-order valence-corrected chi connectivity index (χ4v) is 2.95. The summed E-state index contributed by atoms with van der Waals surface area (Å²) in [6.07, 6.45) is 1.30. The normalized spacial score (nSPS) is 19.2. The van der Waals surface area contributed by atoms with Crippen LogP contribution in [0.2, 0.25) is 0 Å². The molecule has 1 aromatic carbocycles. The Bertz CT molecular complexity index is 394. The highest BCUT2D eigenvalue weighted by molar-refractivity contribution is 7.99. The molecule has 0 bridgehead atoms. The summed E-state index contributed by atoms with van der Waals surface area (Å²) in [7, 11) is 0. The van der Waals surface area contributed by atoms with Crippen molar-refractivity contribution in [2.75, 3.05) is 18.8 Å². The fourth-order valence-electron chi connectivity index (χ4n) is 1.84. The molecule has 2 rings (SSSR count). The van der Waals surface area contributed by atoms with Gasteiger partial charge in [-0.3, -0.25) is 0 Å². The number of benzene rings is 1. The van der Waals surface area contributed by atoms with Crippen LogP contribution in [-0.2, 0) is 0 Å². The van der Waals surface area contributed by atoms with Gasteiger partial charge in [0, 0.05) is 10.6 Å². The van der Waals surface area contributed by atoms with Crippen LogP contribution in [0.1, 0.15) is 12.8 Å². The zero-order valence-electron chi connectivity index (χ0n) is 9.38. The van der Waals surface area contributed by atoms with Crippen LogP contribution < -0.4 is 5.32 Å². The SMILES string of the molecule is OC1(CSc2cc(F)ccc2F)CCNCC1. The summed E-state index contributed by atoms with van der Waals surface area (Å²) in [5.74, 6) is -0.491. The molecule has 0 atom stereocenters. The smallest absolute Gasteiger partial charge is 0.136 e. The lowest BCUT2D eigenvalue weighted by Gasteiger charge is -2.32. The third kappa shape index (κ3) is 3.40. The number of nitrogens with one attached hydrogen (secondary N) is 1. The maximum Gasteiger partial charge on any atom is 0.136 e. The van der Waals surface area contributed by atoms with E-state index in [4.69, 9.17) is 0 Å². The minimum Gasteiger partial charge on any atom is -0.389 e. The number of piperidine rings is 1. The van der Waals surface area contributed by atoms with Crippen molar-refractivity contribution in [1.29, 1.82) is 0 Å². The molecule has 0 radical (unpaired) electrons. The lowest BCUT2D eigenvalue weighted by molar-refractivity contribution is 0.0339. The Morgan fingerprint density at radius 2 is 2.00 bits per heavy atom. The van der Waals surface area contributed by atoms with Gasteiger partial charge in [-0.1, -0.05) is 0 Å². The molecule has 5 heteroatoms. The average molecular weight is 259 g/mol. The summed E-state index contributed by atoms with van der Waals surface area (Å²) in [6.45, 7) is 1.53. The van der Waals surface area contributed by atoms with Crippen molar-refractivity contribution >= 4 is 11.8 Å². The van der Waals surface area contributed by atoms with E-state index in [9.17, 15) is 13.9 Å². The lowest BCUT2D eigenvalue weighted by Crippen LogP contribution is -2.43. The highest BCUT2D eigenvalue weighted by Gasteiger charge is 2.29. The van der Waals surface area contributed by atoms with Gasteiger partial charge in [0.05, 0.1) is 5.60 Å². The van der Waals surface area contributed by atoms with Crippen molar-refractivity contribution in [1.82, 2.24) is 5.32 Å². The number of thioether (sulfide) groups is 1. The van der Waals surface area contributed by atoms with E-state index in [1.165, 1.54) is 17.8 Å². The summed E-state index contributed by atoms with van der Waals surface area (Å²) in [6, 6.07) is 3.38. The second-order valence-electron chi connectivity index (χ2n) is 4.34. The van der Waals surface area contributed by atoms with Crippen molar-refractivity contribution in [3.8, 4) is 0 Å². The molecule has 0 unspecified atom stereocenters. The van der Waals surface area contributed by atoms with Crippen molar-refractivity contribution in [2.24, 2.45) is 0 Å². The van der Waals surface area contributed by atoms with E-state index in [0.29, 0.717) is 18.6 Å². The zero-order valence-corrected chi connectivity index (χ0v) is 10.2. The average Bonchev–Trinajstić information content (AvgIpc) is 2.31. The van der Waals surface area contributed by atoms with Crippen LogP contribution in [0.25, 0.3) is 0 Å². The summed E-state index contributed by atoms with van der Waals surface area (Å²) >= 11 is 1.17. The van der Waals surface area contributed by atoms with Crippen LogP contribution in [0.3, 0.4) is 0 Å². The second-order valence-corrected chi connectivity index (χ2v) is 5.35. The fraction of sp³-hybridized carbons (Fsp3) is 0.500. The number of halogens is 2. The van der Waals surface area contributed by atoms with Gasteiger partial charge in [-0.25, -0.2) is 8.78 Å². The number of hydrogen-bond acceptors (Lipinski definition) is 3. The maximum absolute atomic E-state index is 13.4. The molecule has 17 heavy (non-hydrogen) atoms. The molecule has 1 fully saturated rings. The molecule has 1 saturated heterocycles. The summed E-state index contributed by atoms with van der Waals surface area (Å²) in [5.41, 5.74) is -0.769. The molecule has 2 nitrogen and oxygen atoms in total. The van der Waals surface area contributed by atoms with E-state index < -0.39 is 17.2 Å². The van der Waals surface area contributed by atoms with E-state index >= 15 is 0 Å². The number of aliphatic hydroxyl groups is 1. The molecule has 1 aliphatic heterocycles. The highest BCUT2D eigenvalue weighted by Crippen LogP contribution is 2.29. The van der Waals surface area contributed by atoms with Crippen molar-refractivity contribution in [3.05, 3.63) is 29.8 Å². The molecule has 0 spiro atoms. The standard InChI is InChI=1S/C12H15F2NOS/c13-9-1-2-10(14)11(7-9)17-8-12(16)3-5-15-6-4-12/h1-2,7,15-16H,3-6,8H2. The Labute approximate surface area is 103 Å². The van der Waals surface area contributed by atoms with Gasteiger partial charge < -0.3 is 10.4 Å². The van der Waals surface area contributed by atoms with Crippen molar-refractivity contribution in [2.45, 2.75) is 23.3 Å². The van der Waals surface area contributed by atoms with Gasteiger partial charge in [-0.2, -0.15) is 0 Å². The van der Waals surface area contributed by atoms with Gasteiger partial charge in [0.2, 0.25) is 0 Å². The van der Waals surface area contributed by atoms with Crippen LogP contribution in [-0.4, -0.2) is 29.5 Å². The molecule has 0 amide bonds. The Morgan fingerprint density at radius 1 is 1.29 bits per heavy atom. The van der Waals surface area contributed by atoms with E-state index in [-0.39, 0.29) is 4.90 Å².